The highest BCUT2D eigenvalue weighted by molar-refractivity contribution is 5.87. The summed E-state index contributed by atoms with van der Waals surface area (Å²) in [7, 11) is 0. The fourth-order valence-corrected chi connectivity index (χ4v) is 3.18. The summed E-state index contributed by atoms with van der Waals surface area (Å²) in [5.41, 5.74) is 2.16. The molecule has 0 heterocycles. The Balaban J connectivity index is 2.16. The molecule has 0 fully saturated rings. The van der Waals surface area contributed by atoms with Crippen molar-refractivity contribution in [2.45, 2.75) is 65.1 Å². The lowest BCUT2D eigenvalue weighted by molar-refractivity contribution is -0.141. The number of carbonyl (C=O) groups is 2. The van der Waals surface area contributed by atoms with E-state index in [4.69, 9.17) is 0 Å². The van der Waals surface area contributed by atoms with Crippen molar-refractivity contribution >= 4 is 11.8 Å². The number of nitrogens with one attached hydrogen (secondary N) is 1. The number of carbonyl (C=O) groups excluding carboxylic acids is 2. The second kappa shape index (κ2) is 11.3. The molecular weight excluding hydrogens is 348 g/mol. The van der Waals surface area contributed by atoms with Crippen LogP contribution in [0, 0.1) is 0 Å². The average molecular weight is 381 g/mol. The van der Waals surface area contributed by atoms with Gasteiger partial charge in [0.2, 0.25) is 11.8 Å². The highest BCUT2D eigenvalue weighted by Crippen LogP contribution is 2.15. The monoisotopic (exact) mass is 380 g/mol. The van der Waals surface area contributed by atoms with Gasteiger partial charge < -0.3 is 10.2 Å². The highest BCUT2D eigenvalue weighted by atomic mass is 16.2. The quantitative estimate of drug-likeness (QED) is 0.666. The first kappa shape index (κ1) is 21.7. The first-order chi connectivity index (χ1) is 13.5. The van der Waals surface area contributed by atoms with Crippen LogP contribution in [0.1, 0.15) is 51.2 Å². The Morgan fingerprint density at radius 1 is 0.893 bits per heavy atom. The standard InChI is InChI=1S/C24H32N2O2/c1-4-19(3)25-24(28)22(5-2)26(18-21-14-10-7-11-15-21)23(27)17-16-20-12-8-6-9-13-20/h6-15,19,22H,4-5,16-18H2,1-3H3,(H,25,28)/t19-,22-/m0/s1. The van der Waals surface area contributed by atoms with Crippen molar-refractivity contribution < 1.29 is 9.59 Å². The van der Waals surface area contributed by atoms with Crippen molar-refractivity contribution in [3.63, 3.8) is 0 Å². The summed E-state index contributed by atoms with van der Waals surface area (Å²) >= 11 is 0. The summed E-state index contributed by atoms with van der Waals surface area (Å²) in [6, 6.07) is 19.5. The van der Waals surface area contributed by atoms with Crippen molar-refractivity contribution in [2.24, 2.45) is 0 Å². The molecule has 2 aromatic carbocycles. The van der Waals surface area contributed by atoms with Crippen molar-refractivity contribution in [2.75, 3.05) is 0 Å². The van der Waals surface area contributed by atoms with Crippen LogP contribution in [0.2, 0.25) is 0 Å². The maximum atomic E-state index is 13.1. The number of rotatable bonds is 10. The van der Waals surface area contributed by atoms with Gasteiger partial charge in [-0.05, 0) is 37.3 Å². The van der Waals surface area contributed by atoms with Crippen molar-refractivity contribution in [3.8, 4) is 0 Å². The molecule has 2 amide bonds. The van der Waals surface area contributed by atoms with Gasteiger partial charge >= 0.3 is 0 Å². The van der Waals surface area contributed by atoms with Crippen LogP contribution >= 0.6 is 0 Å². The average Bonchev–Trinajstić information content (AvgIpc) is 2.73. The maximum Gasteiger partial charge on any atom is 0.243 e. The van der Waals surface area contributed by atoms with Crippen LogP contribution in [0.3, 0.4) is 0 Å². The zero-order valence-corrected chi connectivity index (χ0v) is 17.2. The van der Waals surface area contributed by atoms with Gasteiger partial charge in [-0.25, -0.2) is 0 Å². The van der Waals surface area contributed by atoms with Crippen LogP contribution < -0.4 is 5.32 Å². The van der Waals surface area contributed by atoms with Crippen LogP contribution in [-0.2, 0) is 22.6 Å². The topological polar surface area (TPSA) is 49.4 Å². The van der Waals surface area contributed by atoms with Crippen LogP contribution in [0.4, 0.5) is 0 Å². The molecule has 0 saturated carbocycles. The van der Waals surface area contributed by atoms with Gasteiger partial charge in [0.15, 0.2) is 0 Å². The number of aryl methyl sites for hydroxylation is 1. The highest BCUT2D eigenvalue weighted by Gasteiger charge is 2.28. The van der Waals surface area contributed by atoms with Crippen molar-refractivity contribution in [3.05, 3.63) is 71.8 Å². The van der Waals surface area contributed by atoms with Gasteiger partial charge in [0.1, 0.15) is 6.04 Å². The van der Waals surface area contributed by atoms with Crippen LogP contribution in [0.25, 0.3) is 0 Å². The van der Waals surface area contributed by atoms with E-state index >= 15 is 0 Å². The number of amides is 2. The zero-order valence-electron chi connectivity index (χ0n) is 17.2. The van der Waals surface area contributed by atoms with Gasteiger partial charge in [-0.15, -0.1) is 0 Å². The Morgan fingerprint density at radius 2 is 1.46 bits per heavy atom. The van der Waals surface area contributed by atoms with E-state index in [-0.39, 0.29) is 17.9 Å². The lowest BCUT2D eigenvalue weighted by Gasteiger charge is -2.31. The molecule has 0 radical (unpaired) electrons. The van der Waals surface area contributed by atoms with Crippen molar-refractivity contribution in [1.29, 1.82) is 0 Å². The molecule has 0 aliphatic rings. The summed E-state index contributed by atoms with van der Waals surface area (Å²) in [6.07, 6.45) is 2.52. The van der Waals surface area contributed by atoms with E-state index in [1.807, 2.05) is 81.4 Å². The Labute approximate surface area is 169 Å². The molecule has 4 nitrogen and oxygen atoms in total. The van der Waals surface area contributed by atoms with E-state index in [2.05, 4.69) is 5.32 Å². The van der Waals surface area contributed by atoms with E-state index in [1.165, 1.54) is 0 Å². The minimum Gasteiger partial charge on any atom is -0.352 e. The molecule has 0 aliphatic heterocycles. The summed E-state index contributed by atoms with van der Waals surface area (Å²) in [4.78, 5) is 27.7. The van der Waals surface area contributed by atoms with Crippen LogP contribution in [0.5, 0.6) is 0 Å². The zero-order chi connectivity index (χ0) is 20.4. The Hall–Kier alpha value is -2.62. The molecule has 0 unspecified atom stereocenters. The first-order valence-electron chi connectivity index (χ1n) is 10.2. The molecule has 2 atom stereocenters. The fourth-order valence-electron chi connectivity index (χ4n) is 3.18. The Kier molecular flexibility index (Phi) is 8.73. The van der Waals surface area contributed by atoms with Gasteiger partial charge in [0, 0.05) is 19.0 Å². The predicted molar refractivity (Wildman–Crippen MR) is 114 cm³/mol. The molecule has 4 heteroatoms. The third-order valence-corrected chi connectivity index (χ3v) is 5.05. The minimum atomic E-state index is -0.461. The van der Waals surface area contributed by atoms with Crippen LogP contribution in [0.15, 0.2) is 60.7 Å². The van der Waals surface area contributed by atoms with Gasteiger partial charge in [-0.1, -0.05) is 74.5 Å². The summed E-state index contributed by atoms with van der Waals surface area (Å²) in [5, 5.41) is 3.04. The summed E-state index contributed by atoms with van der Waals surface area (Å²) in [5.74, 6) is -0.0558. The number of benzene rings is 2. The van der Waals surface area contributed by atoms with E-state index in [1.54, 1.807) is 4.90 Å². The number of hydrogen-bond acceptors (Lipinski definition) is 2. The maximum absolute atomic E-state index is 13.1. The van der Waals surface area contributed by atoms with Gasteiger partial charge in [0.25, 0.3) is 0 Å². The Bertz CT molecular complexity index is 731. The van der Waals surface area contributed by atoms with Crippen LogP contribution in [-0.4, -0.2) is 28.8 Å². The van der Waals surface area contributed by atoms with Gasteiger partial charge in [0.05, 0.1) is 0 Å². The number of nitrogens with zero attached hydrogens (tertiary/aromatic N) is 1. The summed E-state index contributed by atoms with van der Waals surface area (Å²) < 4.78 is 0. The second-order valence-electron chi connectivity index (χ2n) is 7.23. The molecule has 0 spiro atoms. The normalized spacial score (nSPS) is 12.8. The Morgan fingerprint density at radius 3 is 2.00 bits per heavy atom. The van der Waals surface area contributed by atoms with E-state index in [0.717, 1.165) is 17.5 Å². The van der Waals surface area contributed by atoms with E-state index < -0.39 is 6.04 Å². The summed E-state index contributed by atoms with van der Waals surface area (Å²) in [6.45, 7) is 6.44. The lowest BCUT2D eigenvalue weighted by atomic mass is 10.1. The number of hydrogen-bond donors (Lipinski definition) is 1. The molecule has 150 valence electrons. The van der Waals surface area contributed by atoms with Gasteiger partial charge in [-0.3, -0.25) is 9.59 Å². The molecule has 1 N–H and O–H groups in total. The third kappa shape index (κ3) is 6.52. The molecule has 28 heavy (non-hydrogen) atoms. The third-order valence-electron chi connectivity index (χ3n) is 5.05. The molecule has 2 aromatic rings. The lowest BCUT2D eigenvalue weighted by Crippen LogP contribution is -2.50. The fraction of sp³-hybridized carbons (Fsp3) is 0.417. The largest absolute Gasteiger partial charge is 0.352 e. The minimum absolute atomic E-state index is 0.0128. The second-order valence-corrected chi connectivity index (χ2v) is 7.23. The molecule has 0 saturated heterocycles. The smallest absolute Gasteiger partial charge is 0.243 e. The van der Waals surface area contributed by atoms with Crippen molar-refractivity contribution in [1.82, 2.24) is 10.2 Å². The van der Waals surface area contributed by atoms with Gasteiger partial charge in [-0.2, -0.15) is 0 Å². The van der Waals surface area contributed by atoms with E-state index in [0.29, 0.717) is 25.8 Å². The molecule has 0 aliphatic carbocycles. The van der Waals surface area contributed by atoms with E-state index in [9.17, 15) is 9.59 Å². The predicted octanol–water partition coefficient (Wildman–Crippen LogP) is 4.34. The molecular formula is C24H32N2O2. The first-order valence-corrected chi connectivity index (χ1v) is 10.2. The SMILES string of the molecule is CC[C@H](C)NC(=O)[C@H](CC)N(Cc1ccccc1)C(=O)CCc1ccccc1. The molecule has 0 bridgehead atoms. The molecule has 0 aromatic heterocycles. The molecule has 2 rings (SSSR count).